The number of ether oxygens (including phenoxy) is 3. The summed E-state index contributed by atoms with van der Waals surface area (Å²) in [5.41, 5.74) is 4.10. The van der Waals surface area contributed by atoms with E-state index in [4.69, 9.17) is 19.2 Å². The lowest BCUT2D eigenvalue weighted by Gasteiger charge is -2.36. The minimum atomic E-state index is -0.670. The molecule has 3 atom stereocenters. The lowest BCUT2D eigenvalue weighted by atomic mass is 10.0. The molecular weight excluding hydrogens is 562 g/mol. The average molecular weight is 594 g/mol. The summed E-state index contributed by atoms with van der Waals surface area (Å²) in [7, 11) is 0. The van der Waals surface area contributed by atoms with Gasteiger partial charge in [0.1, 0.15) is 6.54 Å². The summed E-state index contributed by atoms with van der Waals surface area (Å²) in [6, 6.07) is 22.6. The molecule has 0 spiro atoms. The van der Waals surface area contributed by atoms with E-state index in [9.17, 15) is 14.7 Å². The highest BCUT2D eigenvalue weighted by atomic mass is 32.2. The van der Waals surface area contributed by atoms with Crippen LogP contribution in [0.15, 0.2) is 77.1 Å². The van der Waals surface area contributed by atoms with Crippen LogP contribution in [0.2, 0.25) is 0 Å². The van der Waals surface area contributed by atoms with Gasteiger partial charge in [-0.2, -0.15) is 0 Å². The highest BCUT2D eigenvalue weighted by Gasteiger charge is 2.32. The maximum Gasteiger partial charge on any atom is 0.325 e. The number of anilines is 1. The van der Waals surface area contributed by atoms with Crippen LogP contribution < -0.4 is 10.6 Å². The molecule has 1 aliphatic heterocycles. The highest BCUT2D eigenvalue weighted by molar-refractivity contribution is 8.01. The van der Waals surface area contributed by atoms with Crippen molar-refractivity contribution in [2.75, 3.05) is 24.2 Å². The Morgan fingerprint density at radius 1 is 1.07 bits per heavy atom. The lowest BCUT2D eigenvalue weighted by molar-refractivity contribution is -0.245. The highest BCUT2D eigenvalue weighted by Crippen LogP contribution is 2.40. The minimum Gasteiger partial charge on any atom is -0.465 e. The average Bonchev–Trinajstić information content (AvgIpc) is 3.42. The number of hydrogen-bond acceptors (Lipinski definition) is 9. The van der Waals surface area contributed by atoms with Gasteiger partial charge in [0, 0.05) is 23.4 Å². The molecule has 5 rings (SSSR count). The van der Waals surface area contributed by atoms with Gasteiger partial charge in [0.25, 0.3) is 0 Å². The third-order valence-electron chi connectivity index (χ3n) is 6.40. The number of thioether (sulfide) groups is 1. The molecule has 0 unspecified atom stereocenters. The summed E-state index contributed by atoms with van der Waals surface area (Å²) in [6.07, 6.45) is -0.373. The molecule has 9 nitrogen and oxygen atoms in total. The topological polar surface area (TPSA) is 119 Å². The Bertz CT molecular complexity index is 1450. The van der Waals surface area contributed by atoms with Gasteiger partial charge in [0.2, 0.25) is 0 Å². The van der Waals surface area contributed by atoms with Crippen LogP contribution in [0.25, 0.3) is 10.2 Å². The monoisotopic (exact) mass is 593 g/mol. The Balaban J connectivity index is 1.30. The number of thiazole rings is 1. The molecule has 1 fully saturated rings. The van der Waals surface area contributed by atoms with Crippen molar-refractivity contribution in [2.24, 2.45) is 0 Å². The smallest absolute Gasteiger partial charge is 0.325 e. The normalized spacial score (nSPS) is 18.6. The first-order valence-electron chi connectivity index (χ1n) is 13.3. The number of rotatable bonds is 10. The molecule has 214 valence electrons. The van der Waals surface area contributed by atoms with E-state index < -0.39 is 18.3 Å². The number of fused-ring (bicyclic) bond motifs is 1. The first-order valence-corrected chi connectivity index (χ1v) is 15.1. The summed E-state index contributed by atoms with van der Waals surface area (Å²) >= 11 is 3.33. The number of hydrogen-bond donors (Lipinski definition) is 3. The van der Waals surface area contributed by atoms with Gasteiger partial charge < -0.3 is 30.0 Å². The van der Waals surface area contributed by atoms with Gasteiger partial charge in [0.15, 0.2) is 10.6 Å². The Hall–Kier alpha value is -3.48. The van der Waals surface area contributed by atoms with Crippen molar-refractivity contribution in [3.05, 3.63) is 89.5 Å². The predicted molar refractivity (Wildman–Crippen MR) is 159 cm³/mol. The maximum atomic E-state index is 12.3. The Morgan fingerprint density at radius 2 is 1.90 bits per heavy atom. The minimum absolute atomic E-state index is 0.0217. The first-order chi connectivity index (χ1) is 20.0. The van der Waals surface area contributed by atoms with Crippen LogP contribution in [0.3, 0.4) is 0 Å². The van der Waals surface area contributed by atoms with Crippen LogP contribution in [0.4, 0.5) is 10.5 Å². The van der Waals surface area contributed by atoms with Crippen molar-refractivity contribution in [2.45, 2.75) is 42.8 Å². The summed E-state index contributed by atoms with van der Waals surface area (Å²) in [5, 5.41) is 14.7. The Morgan fingerprint density at radius 3 is 2.68 bits per heavy atom. The molecule has 0 bridgehead atoms. The third kappa shape index (κ3) is 7.84. The number of para-hydroxylation sites is 1. The van der Waals surface area contributed by atoms with E-state index in [2.05, 4.69) is 16.7 Å². The fraction of sp³-hybridized carbons (Fsp3) is 0.300. The number of aromatic nitrogens is 1. The quantitative estimate of drug-likeness (QED) is 0.156. The number of aliphatic hydroxyl groups is 1. The number of nitrogens with one attached hydrogen (secondary N) is 2. The first kappa shape index (κ1) is 29.0. The summed E-state index contributed by atoms with van der Waals surface area (Å²) in [4.78, 5) is 28.6. The maximum absolute atomic E-state index is 12.3. The molecule has 2 heterocycles. The molecule has 0 aliphatic carbocycles. The van der Waals surface area contributed by atoms with Crippen molar-refractivity contribution in [3.8, 4) is 0 Å². The number of amides is 2. The van der Waals surface area contributed by atoms with Gasteiger partial charge >= 0.3 is 12.0 Å². The third-order valence-corrected chi connectivity index (χ3v) is 8.71. The van der Waals surface area contributed by atoms with Crippen LogP contribution in [0.5, 0.6) is 0 Å². The van der Waals surface area contributed by atoms with E-state index in [0.29, 0.717) is 17.9 Å². The van der Waals surface area contributed by atoms with Crippen LogP contribution in [0, 0.1) is 0 Å². The molecule has 2 amide bonds. The van der Waals surface area contributed by atoms with E-state index in [1.807, 2.05) is 54.6 Å². The second kappa shape index (κ2) is 13.9. The van der Waals surface area contributed by atoms with Crippen molar-refractivity contribution < 1.29 is 28.9 Å². The summed E-state index contributed by atoms with van der Waals surface area (Å²) in [6.45, 7) is 1.71. The van der Waals surface area contributed by atoms with E-state index in [0.717, 1.165) is 31.2 Å². The van der Waals surface area contributed by atoms with E-state index >= 15 is 0 Å². The largest absolute Gasteiger partial charge is 0.465 e. The van der Waals surface area contributed by atoms with Gasteiger partial charge in [-0.3, -0.25) is 4.79 Å². The molecule has 0 radical (unpaired) electrons. The van der Waals surface area contributed by atoms with Gasteiger partial charge in [0.05, 0.1) is 35.6 Å². The van der Waals surface area contributed by atoms with Crippen LogP contribution in [-0.4, -0.2) is 47.1 Å². The number of aliphatic hydroxyl groups excluding tert-OH is 1. The molecule has 11 heteroatoms. The summed E-state index contributed by atoms with van der Waals surface area (Å²) in [5.74, 6) is 0.187. The second-order valence-electron chi connectivity index (χ2n) is 9.35. The van der Waals surface area contributed by atoms with Gasteiger partial charge in [-0.25, -0.2) is 9.78 Å². The van der Waals surface area contributed by atoms with Crippen molar-refractivity contribution in [1.82, 2.24) is 10.3 Å². The van der Waals surface area contributed by atoms with Crippen LogP contribution >= 0.6 is 23.1 Å². The van der Waals surface area contributed by atoms with E-state index in [-0.39, 0.29) is 32.0 Å². The zero-order valence-corrected chi connectivity index (χ0v) is 24.1. The van der Waals surface area contributed by atoms with Gasteiger partial charge in [-0.1, -0.05) is 60.3 Å². The van der Waals surface area contributed by atoms with Crippen molar-refractivity contribution in [1.29, 1.82) is 0 Å². The number of carbonyl (C=O) groups is 2. The number of esters is 1. The predicted octanol–water partition coefficient (Wildman–Crippen LogP) is 5.81. The molecule has 1 aliphatic rings. The van der Waals surface area contributed by atoms with Crippen molar-refractivity contribution >= 4 is 51.0 Å². The molecular formula is C30H31N3O6S2. The SMILES string of the molecule is CCOC(=O)CNC(=O)Nc1cccc([C@H]2O[C@@H](CSc3nc4ccccc4s3)C[C@@H](c3ccc(CO)cc3)O2)c1. The molecule has 1 saturated heterocycles. The lowest BCUT2D eigenvalue weighted by Crippen LogP contribution is -2.34. The number of carbonyl (C=O) groups excluding carboxylic acids is 2. The zero-order valence-electron chi connectivity index (χ0n) is 22.4. The number of nitrogens with zero attached hydrogens (tertiary/aromatic N) is 1. The van der Waals surface area contributed by atoms with Crippen LogP contribution in [-0.2, 0) is 25.6 Å². The molecule has 41 heavy (non-hydrogen) atoms. The fourth-order valence-corrected chi connectivity index (χ4v) is 6.51. The van der Waals surface area contributed by atoms with Gasteiger partial charge in [-0.05, 0) is 42.3 Å². The molecule has 3 N–H and O–H groups in total. The van der Waals surface area contributed by atoms with Crippen molar-refractivity contribution in [3.63, 3.8) is 0 Å². The van der Waals surface area contributed by atoms with Crippen LogP contribution in [0.1, 0.15) is 42.4 Å². The molecule has 3 aromatic carbocycles. The van der Waals surface area contributed by atoms with Gasteiger partial charge in [-0.15, -0.1) is 11.3 Å². The molecule has 1 aromatic heterocycles. The Kier molecular flexibility index (Phi) is 9.86. The molecule has 0 saturated carbocycles. The standard InChI is InChI=1S/C30H31N3O6S2/c1-2-37-27(35)16-31-29(36)32-22-7-5-6-21(14-22)28-38-23(15-25(39-28)20-12-10-19(17-34)11-13-20)18-40-30-33-24-8-3-4-9-26(24)41-30/h3-14,23,25,28,34H,2,15-18H2,1H3,(H2,31,32,36)/t23-,25+,28+/m1/s1. The summed E-state index contributed by atoms with van der Waals surface area (Å²) < 4.78 is 19.8. The zero-order chi connectivity index (χ0) is 28.6. The number of benzene rings is 3. The second-order valence-corrected chi connectivity index (χ2v) is 11.6. The molecule has 4 aromatic rings. The number of urea groups is 1. The Labute approximate surface area is 246 Å². The van der Waals surface area contributed by atoms with E-state index in [1.165, 1.54) is 0 Å². The van der Waals surface area contributed by atoms with E-state index in [1.54, 1.807) is 42.2 Å². The fourth-order valence-electron chi connectivity index (χ4n) is 4.40.